The summed E-state index contributed by atoms with van der Waals surface area (Å²) in [4.78, 5) is 18.0. The number of anilines is 2. The van der Waals surface area contributed by atoms with Crippen LogP contribution in [-0.4, -0.2) is 14.5 Å². The van der Waals surface area contributed by atoms with Crippen molar-refractivity contribution in [2.45, 2.75) is 38.6 Å². The van der Waals surface area contributed by atoms with Gasteiger partial charge in [0.25, 0.3) is 0 Å². The van der Waals surface area contributed by atoms with Crippen LogP contribution < -0.4 is 17.2 Å². The fraction of sp³-hybridized carbons (Fsp3) is 0.500. The highest BCUT2D eigenvalue weighted by molar-refractivity contribution is 5.78. The van der Waals surface area contributed by atoms with Gasteiger partial charge in [-0.15, -0.1) is 0 Å². The van der Waals surface area contributed by atoms with Crippen molar-refractivity contribution in [1.82, 2.24) is 14.5 Å². The van der Waals surface area contributed by atoms with Gasteiger partial charge in [0.15, 0.2) is 0 Å². The van der Waals surface area contributed by atoms with E-state index in [4.69, 9.17) is 11.5 Å². The molecule has 2 aromatic rings. The Morgan fingerprint density at radius 1 is 1.25 bits per heavy atom. The van der Waals surface area contributed by atoms with Crippen molar-refractivity contribution in [2.75, 3.05) is 11.5 Å². The molecule has 0 spiro atoms. The van der Waals surface area contributed by atoms with Gasteiger partial charge in [-0.3, -0.25) is 9.55 Å². The SMILES string of the molecule is CC1CCCCC1n1c(-c2cc[nH]c2N)c(N)[nH]c1=O. The Hall–Kier alpha value is -2.11. The van der Waals surface area contributed by atoms with Crippen LogP contribution in [0.5, 0.6) is 0 Å². The number of H-pyrrole nitrogens is 2. The number of aromatic amines is 2. The van der Waals surface area contributed by atoms with Crippen LogP contribution in [0.25, 0.3) is 11.3 Å². The molecule has 20 heavy (non-hydrogen) atoms. The molecule has 0 bridgehead atoms. The topological polar surface area (TPSA) is 106 Å². The van der Waals surface area contributed by atoms with Crippen LogP contribution in [0.4, 0.5) is 11.6 Å². The molecule has 0 amide bonds. The van der Waals surface area contributed by atoms with Gasteiger partial charge in [0, 0.05) is 17.8 Å². The molecule has 6 N–H and O–H groups in total. The van der Waals surface area contributed by atoms with Crippen LogP contribution in [0.2, 0.25) is 0 Å². The fourth-order valence-electron chi connectivity index (χ4n) is 3.33. The molecule has 2 aromatic heterocycles. The lowest BCUT2D eigenvalue weighted by Crippen LogP contribution is -2.29. The lowest BCUT2D eigenvalue weighted by Gasteiger charge is -2.30. The lowest BCUT2D eigenvalue weighted by atomic mass is 9.85. The number of imidazole rings is 1. The molecule has 108 valence electrons. The third-order valence-electron chi connectivity index (χ3n) is 4.39. The Kier molecular flexibility index (Phi) is 3.08. The van der Waals surface area contributed by atoms with Crippen LogP contribution in [-0.2, 0) is 0 Å². The zero-order chi connectivity index (χ0) is 14.3. The monoisotopic (exact) mass is 275 g/mol. The Bertz CT molecular complexity index is 665. The number of hydrogen-bond donors (Lipinski definition) is 4. The van der Waals surface area contributed by atoms with Gasteiger partial charge in [0.05, 0.1) is 5.69 Å². The number of hydrogen-bond acceptors (Lipinski definition) is 3. The van der Waals surface area contributed by atoms with Crippen LogP contribution >= 0.6 is 0 Å². The quantitative estimate of drug-likeness (QED) is 0.674. The molecule has 6 heteroatoms. The predicted molar refractivity (Wildman–Crippen MR) is 80.3 cm³/mol. The Morgan fingerprint density at radius 2 is 2.00 bits per heavy atom. The van der Waals surface area contributed by atoms with Crippen molar-refractivity contribution >= 4 is 11.6 Å². The largest absolute Gasteiger partial charge is 0.385 e. The van der Waals surface area contributed by atoms with E-state index in [2.05, 4.69) is 16.9 Å². The average Bonchev–Trinajstić information content (AvgIpc) is 2.93. The summed E-state index contributed by atoms with van der Waals surface area (Å²) in [5.74, 6) is 1.39. The minimum Gasteiger partial charge on any atom is -0.385 e. The van der Waals surface area contributed by atoms with Crippen molar-refractivity contribution in [3.63, 3.8) is 0 Å². The van der Waals surface area contributed by atoms with Gasteiger partial charge in [-0.25, -0.2) is 4.79 Å². The highest BCUT2D eigenvalue weighted by atomic mass is 16.1. The van der Waals surface area contributed by atoms with Crippen LogP contribution in [0.1, 0.15) is 38.6 Å². The fourth-order valence-corrected chi connectivity index (χ4v) is 3.33. The van der Waals surface area contributed by atoms with Crippen molar-refractivity contribution in [3.05, 3.63) is 22.7 Å². The molecule has 0 aliphatic heterocycles. The van der Waals surface area contributed by atoms with Gasteiger partial charge in [0.2, 0.25) is 0 Å². The van der Waals surface area contributed by atoms with E-state index in [1.165, 1.54) is 6.42 Å². The maximum absolute atomic E-state index is 12.3. The van der Waals surface area contributed by atoms with Gasteiger partial charge in [-0.05, 0) is 24.8 Å². The standard InChI is InChI=1S/C14H21N5O/c1-8-4-2-3-5-10(8)19-11(13(16)18-14(19)20)9-6-7-17-12(9)15/h6-8,10,17H,2-5,15-16H2,1H3,(H,18,20). The number of nitrogen functional groups attached to an aromatic ring is 2. The van der Waals surface area contributed by atoms with E-state index in [1.54, 1.807) is 10.8 Å². The van der Waals surface area contributed by atoms with E-state index < -0.39 is 0 Å². The first-order valence-corrected chi connectivity index (χ1v) is 7.12. The van der Waals surface area contributed by atoms with E-state index in [-0.39, 0.29) is 11.7 Å². The first-order chi connectivity index (χ1) is 9.59. The van der Waals surface area contributed by atoms with E-state index in [0.717, 1.165) is 24.8 Å². The van der Waals surface area contributed by atoms with Crippen molar-refractivity contribution in [2.24, 2.45) is 5.92 Å². The van der Waals surface area contributed by atoms with Crippen LogP contribution in [0.3, 0.4) is 0 Å². The number of rotatable bonds is 2. The third-order valence-corrected chi connectivity index (χ3v) is 4.39. The zero-order valence-corrected chi connectivity index (χ0v) is 11.6. The van der Waals surface area contributed by atoms with E-state index >= 15 is 0 Å². The normalized spacial score (nSPS) is 23.1. The third kappa shape index (κ3) is 1.92. The van der Waals surface area contributed by atoms with Crippen molar-refractivity contribution in [3.8, 4) is 11.3 Å². The van der Waals surface area contributed by atoms with Crippen LogP contribution in [0, 0.1) is 5.92 Å². The second-order valence-corrected chi connectivity index (χ2v) is 5.70. The van der Waals surface area contributed by atoms with Gasteiger partial charge in [-0.2, -0.15) is 0 Å². The summed E-state index contributed by atoms with van der Waals surface area (Å²) < 4.78 is 1.80. The Balaban J connectivity index is 2.16. The first kappa shape index (κ1) is 12.9. The molecule has 0 saturated heterocycles. The number of aromatic nitrogens is 3. The number of nitrogens with zero attached hydrogens (tertiary/aromatic N) is 1. The van der Waals surface area contributed by atoms with Crippen molar-refractivity contribution < 1.29 is 0 Å². The first-order valence-electron chi connectivity index (χ1n) is 7.12. The highest BCUT2D eigenvalue weighted by Crippen LogP contribution is 2.38. The Morgan fingerprint density at radius 3 is 2.65 bits per heavy atom. The van der Waals surface area contributed by atoms with Gasteiger partial charge >= 0.3 is 5.69 Å². The predicted octanol–water partition coefficient (Wildman–Crippen LogP) is 2.09. The maximum Gasteiger partial charge on any atom is 0.327 e. The zero-order valence-electron chi connectivity index (χ0n) is 11.6. The molecule has 1 saturated carbocycles. The summed E-state index contributed by atoms with van der Waals surface area (Å²) in [7, 11) is 0. The molecule has 0 radical (unpaired) electrons. The summed E-state index contributed by atoms with van der Waals surface area (Å²) in [5.41, 5.74) is 13.3. The maximum atomic E-state index is 12.3. The summed E-state index contributed by atoms with van der Waals surface area (Å²) in [6.07, 6.45) is 6.29. The number of nitrogens with one attached hydrogen (secondary N) is 2. The van der Waals surface area contributed by atoms with Gasteiger partial charge < -0.3 is 16.5 Å². The van der Waals surface area contributed by atoms with E-state index in [9.17, 15) is 4.79 Å². The van der Waals surface area contributed by atoms with Gasteiger partial charge in [0.1, 0.15) is 11.6 Å². The van der Waals surface area contributed by atoms with Crippen molar-refractivity contribution in [1.29, 1.82) is 0 Å². The van der Waals surface area contributed by atoms with Gasteiger partial charge in [-0.1, -0.05) is 19.8 Å². The van der Waals surface area contributed by atoms with E-state index in [1.807, 2.05) is 6.07 Å². The molecule has 0 aromatic carbocycles. The average molecular weight is 275 g/mol. The molecule has 1 aliphatic rings. The van der Waals surface area contributed by atoms with Crippen LogP contribution in [0.15, 0.2) is 17.1 Å². The molecule has 6 nitrogen and oxygen atoms in total. The lowest BCUT2D eigenvalue weighted by molar-refractivity contribution is 0.254. The molecular weight excluding hydrogens is 254 g/mol. The molecule has 2 heterocycles. The van der Waals surface area contributed by atoms with E-state index in [0.29, 0.717) is 23.2 Å². The molecule has 1 fully saturated rings. The number of nitrogens with two attached hydrogens (primary N) is 2. The summed E-state index contributed by atoms with van der Waals surface area (Å²) in [6, 6.07) is 2.05. The molecule has 1 aliphatic carbocycles. The molecule has 2 unspecified atom stereocenters. The molecule has 2 atom stereocenters. The molecule has 3 rings (SSSR count). The second-order valence-electron chi connectivity index (χ2n) is 5.70. The minimum absolute atomic E-state index is 0.142. The second kappa shape index (κ2) is 4.77. The Labute approximate surface area is 117 Å². The highest BCUT2D eigenvalue weighted by Gasteiger charge is 2.28. The summed E-state index contributed by atoms with van der Waals surface area (Å²) in [6.45, 7) is 2.20. The smallest absolute Gasteiger partial charge is 0.327 e. The molecular formula is C14H21N5O. The summed E-state index contributed by atoms with van der Waals surface area (Å²) >= 11 is 0. The minimum atomic E-state index is -0.142. The summed E-state index contributed by atoms with van der Waals surface area (Å²) in [5, 5.41) is 0.